The average Bonchev–Trinajstić information content (AvgIpc) is 2.43. The first-order chi connectivity index (χ1) is 9.49. The lowest BCUT2D eigenvalue weighted by atomic mass is 10.0. The van der Waals surface area contributed by atoms with E-state index in [4.69, 9.17) is 0 Å². The molecule has 1 amide bonds. The van der Waals surface area contributed by atoms with Gasteiger partial charge in [0.05, 0.1) is 0 Å². The third-order valence-electron chi connectivity index (χ3n) is 4.20. The van der Waals surface area contributed by atoms with Crippen LogP contribution in [0, 0.1) is 6.92 Å². The van der Waals surface area contributed by atoms with Crippen LogP contribution in [0.25, 0.3) is 0 Å². The minimum atomic E-state index is 0.270. The Morgan fingerprint density at radius 1 is 1.45 bits per heavy atom. The first-order valence-corrected chi connectivity index (χ1v) is 8.06. The normalized spacial score (nSPS) is 22.9. The Hall–Kier alpha value is -0.870. The molecule has 2 atom stereocenters. The van der Waals surface area contributed by atoms with Crippen molar-refractivity contribution in [3.8, 4) is 0 Å². The van der Waals surface area contributed by atoms with E-state index in [2.05, 4.69) is 60.2 Å². The van der Waals surface area contributed by atoms with Gasteiger partial charge in [-0.05, 0) is 44.4 Å². The summed E-state index contributed by atoms with van der Waals surface area (Å²) in [7, 11) is 0. The van der Waals surface area contributed by atoms with Crippen molar-refractivity contribution in [3.05, 3.63) is 33.8 Å². The summed E-state index contributed by atoms with van der Waals surface area (Å²) in [5, 5.41) is 3.40. The van der Waals surface area contributed by atoms with Gasteiger partial charge in [0.1, 0.15) is 0 Å². The molecule has 1 aliphatic rings. The maximum atomic E-state index is 12.4. The molecule has 110 valence electrons. The lowest BCUT2D eigenvalue weighted by molar-refractivity contribution is -0.134. The highest BCUT2D eigenvalue weighted by molar-refractivity contribution is 9.10. The maximum absolute atomic E-state index is 12.4. The number of rotatable bonds is 3. The molecule has 0 radical (unpaired) electrons. The molecular formula is C16H23BrN2O. The number of benzene rings is 1. The van der Waals surface area contributed by atoms with Crippen LogP contribution in [0.5, 0.6) is 0 Å². The molecule has 0 spiro atoms. The molecular weight excluding hydrogens is 316 g/mol. The molecule has 0 aliphatic carbocycles. The van der Waals surface area contributed by atoms with E-state index in [1.807, 2.05) is 4.90 Å². The van der Waals surface area contributed by atoms with Gasteiger partial charge in [-0.3, -0.25) is 4.79 Å². The van der Waals surface area contributed by atoms with Gasteiger partial charge in [0.25, 0.3) is 0 Å². The van der Waals surface area contributed by atoms with Gasteiger partial charge in [-0.2, -0.15) is 0 Å². The van der Waals surface area contributed by atoms with Crippen molar-refractivity contribution in [3.63, 3.8) is 0 Å². The molecule has 1 aliphatic heterocycles. The molecule has 2 rings (SSSR count). The molecule has 1 N–H and O–H groups in total. The third-order valence-corrected chi connectivity index (χ3v) is 5.09. The molecule has 2 unspecified atom stereocenters. The van der Waals surface area contributed by atoms with Crippen LogP contribution in [0.1, 0.15) is 31.4 Å². The van der Waals surface area contributed by atoms with Crippen LogP contribution in [0.3, 0.4) is 0 Å². The average molecular weight is 339 g/mol. The first-order valence-electron chi connectivity index (χ1n) is 7.27. The number of hydrogen-bond donors (Lipinski definition) is 1. The lowest BCUT2D eigenvalue weighted by Gasteiger charge is -2.38. The SMILES string of the molecule is Cc1cc(CCC(=O)N2CCNC(C)C2C)ccc1Br. The second-order valence-corrected chi connectivity index (χ2v) is 6.51. The smallest absolute Gasteiger partial charge is 0.223 e. The predicted molar refractivity (Wildman–Crippen MR) is 85.8 cm³/mol. The molecule has 1 heterocycles. The number of carbonyl (C=O) groups excluding carboxylic acids is 1. The van der Waals surface area contributed by atoms with Gasteiger partial charge < -0.3 is 10.2 Å². The minimum absolute atomic E-state index is 0.270. The van der Waals surface area contributed by atoms with E-state index in [-0.39, 0.29) is 11.9 Å². The van der Waals surface area contributed by atoms with Crippen LogP contribution >= 0.6 is 15.9 Å². The molecule has 3 nitrogen and oxygen atoms in total. The van der Waals surface area contributed by atoms with Gasteiger partial charge in [-0.15, -0.1) is 0 Å². The predicted octanol–water partition coefficient (Wildman–Crippen LogP) is 2.90. The number of aryl methyl sites for hydroxylation is 2. The van der Waals surface area contributed by atoms with Crippen LogP contribution in [0.15, 0.2) is 22.7 Å². The van der Waals surface area contributed by atoms with Gasteiger partial charge in [0.2, 0.25) is 5.91 Å². The third kappa shape index (κ3) is 3.61. The summed E-state index contributed by atoms with van der Waals surface area (Å²) in [6.07, 6.45) is 1.41. The van der Waals surface area contributed by atoms with Crippen molar-refractivity contribution in [1.82, 2.24) is 10.2 Å². The van der Waals surface area contributed by atoms with Gasteiger partial charge in [0, 0.05) is 36.1 Å². The second kappa shape index (κ2) is 6.72. The summed E-state index contributed by atoms with van der Waals surface area (Å²) in [5.41, 5.74) is 2.45. The van der Waals surface area contributed by atoms with Crippen molar-refractivity contribution in [2.24, 2.45) is 0 Å². The van der Waals surface area contributed by atoms with E-state index in [1.54, 1.807) is 0 Å². The molecule has 4 heteroatoms. The van der Waals surface area contributed by atoms with Crippen molar-refractivity contribution in [2.75, 3.05) is 13.1 Å². The zero-order chi connectivity index (χ0) is 14.7. The van der Waals surface area contributed by atoms with Crippen LogP contribution < -0.4 is 5.32 Å². The molecule has 0 saturated carbocycles. The van der Waals surface area contributed by atoms with Crippen LogP contribution in [0.2, 0.25) is 0 Å². The number of nitrogens with zero attached hydrogens (tertiary/aromatic N) is 1. The van der Waals surface area contributed by atoms with Crippen molar-refractivity contribution >= 4 is 21.8 Å². The summed E-state index contributed by atoms with van der Waals surface area (Å²) in [4.78, 5) is 14.4. The molecule has 1 fully saturated rings. The molecule has 0 aromatic heterocycles. The number of piperazine rings is 1. The summed E-state index contributed by atoms with van der Waals surface area (Å²) in [6, 6.07) is 6.96. The first kappa shape index (κ1) is 15.5. The molecule has 1 aromatic carbocycles. The van der Waals surface area contributed by atoms with Gasteiger partial charge in [0.15, 0.2) is 0 Å². The standard InChI is InChI=1S/C16H23BrN2O/c1-11-10-14(4-6-15(11)17)5-7-16(20)19-9-8-18-12(2)13(19)3/h4,6,10,12-13,18H,5,7-9H2,1-3H3. The molecule has 0 bridgehead atoms. The van der Waals surface area contributed by atoms with Crippen LogP contribution in [-0.2, 0) is 11.2 Å². The quantitative estimate of drug-likeness (QED) is 0.918. The Labute approximate surface area is 129 Å². The Kier molecular flexibility index (Phi) is 5.22. The Morgan fingerprint density at radius 3 is 2.90 bits per heavy atom. The Morgan fingerprint density at radius 2 is 2.20 bits per heavy atom. The molecule has 1 saturated heterocycles. The number of nitrogens with one attached hydrogen (secondary N) is 1. The van der Waals surface area contributed by atoms with E-state index in [0.717, 1.165) is 24.0 Å². The highest BCUT2D eigenvalue weighted by Crippen LogP contribution is 2.18. The minimum Gasteiger partial charge on any atom is -0.337 e. The highest BCUT2D eigenvalue weighted by atomic mass is 79.9. The fourth-order valence-electron chi connectivity index (χ4n) is 2.67. The van der Waals surface area contributed by atoms with Gasteiger partial charge >= 0.3 is 0 Å². The summed E-state index contributed by atoms with van der Waals surface area (Å²) in [6.45, 7) is 8.06. The Bertz CT molecular complexity index is 489. The number of halogens is 1. The monoisotopic (exact) mass is 338 g/mol. The molecule has 1 aromatic rings. The molecule has 20 heavy (non-hydrogen) atoms. The Balaban J connectivity index is 1.93. The number of carbonyl (C=O) groups is 1. The summed E-state index contributed by atoms with van der Waals surface area (Å²) < 4.78 is 1.12. The van der Waals surface area contributed by atoms with E-state index < -0.39 is 0 Å². The lowest BCUT2D eigenvalue weighted by Crippen LogP contribution is -2.57. The van der Waals surface area contributed by atoms with E-state index in [0.29, 0.717) is 12.5 Å². The number of hydrogen-bond acceptors (Lipinski definition) is 2. The number of amides is 1. The largest absolute Gasteiger partial charge is 0.337 e. The van der Waals surface area contributed by atoms with E-state index in [9.17, 15) is 4.79 Å². The topological polar surface area (TPSA) is 32.3 Å². The zero-order valence-corrected chi connectivity index (χ0v) is 14.0. The fraction of sp³-hybridized carbons (Fsp3) is 0.562. The second-order valence-electron chi connectivity index (χ2n) is 5.65. The zero-order valence-electron chi connectivity index (χ0n) is 12.4. The van der Waals surface area contributed by atoms with Crippen LogP contribution in [0.4, 0.5) is 0 Å². The maximum Gasteiger partial charge on any atom is 0.223 e. The van der Waals surface area contributed by atoms with Crippen molar-refractivity contribution < 1.29 is 4.79 Å². The van der Waals surface area contributed by atoms with Crippen molar-refractivity contribution in [2.45, 2.75) is 45.7 Å². The van der Waals surface area contributed by atoms with E-state index >= 15 is 0 Å². The highest BCUT2D eigenvalue weighted by Gasteiger charge is 2.27. The summed E-state index contributed by atoms with van der Waals surface area (Å²) in [5.74, 6) is 0.270. The van der Waals surface area contributed by atoms with Gasteiger partial charge in [-0.25, -0.2) is 0 Å². The van der Waals surface area contributed by atoms with E-state index in [1.165, 1.54) is 11.1 Å². The van der Waals surface area contributed by atoms with Crippen LogP contribution in [-0.4, -0.2) is 36.0 Å². The van der Waals surface area contributed by atoms with Gasteiger partial charge in [-0.1, -0.05) is 28.1 Å². The van der Waals surface area contributed by atoms with Crippen molar-refractivity contribution in [1.29, 1.82) is 0 Å². The fourth-order valence-corrected chi connectivity index (χ4v) is 2.91. The summed E-state index contributed by atoms with van der Waals surface area (Å²) >= 11 is 3.50.